The van der Waals surface area contributed by atoms with E-state index in [4.69, 9.17) is 27.4 Å². The zero-order valence-electron chi connectivity index (χ0n) is 10.2. The summed E-state index contributed by atoms with van der Waals surface area (Å²) in [5.41, 5.74) is 5.93. The molecule has 1 atom stereocenters. The molecule has 0 spiro atoms. The van der Waals surface area contributed by atoms with Gasteiger partial charge in [-0.25, -0.2) is 4.39 Å². The molecule has 0 amide bonds. The molecular formula is C12H15BrFNO2S. The van der Waals surface area contributed by atoms with E-state index in [1.807, 2.05) is 13.8 Å². The van der Waals surface area contributed by atoms with Gasteiger partial charge in [0, 0.05) is 12.2 Å². The van der Waals surface area contributed by atoms with E-state index in [2.05, 4.69) is 15.9 Å². The maximum absolute atomic E-state index is 14.0. The van der Waals surface area contributed by atoms with Gasteiger partial charge in [0.05, 0.1) is 11.1 Å². The minimum atomic E-state index is -0.511. The van der Waals surface area contributed by atoms with Gasteiger partial charge in [0.1, 0.15) is 11.1 Å². The second-order valence-corrected chi connectivity index (χ2v) is 4.92. The number of ether oxygens (including phenoxy) is 2. The summed E-state index contributed by atoms with van der Waals surface area (Å²) in [4.78, 5) is 0.134. The zero-order chi connectivity index (χ0) is 13.7. The Kier molecular flexibility index (Phi) is 5.98. The summed E-state index contributed by atoms with van der Waals surface area (Å²) in [6.07, 6.45) is -0.234. The number of thiocarbonyl (C=S) groups is 1. The van der Waals surface area contributed by atoms with Gasteiger partial charge in [-0.05, 0) is 41.9 Å². The minimum absolute atomic E-state index is 0.134. The number of nitrogens with two attached hydrogens (primary N) is 1. The quantitative estimate of drug-likeness (QED) is 0.811. The lowest BCUT2D eigenvalue weighted by Crippen LogP contribution is -2.20. The molecule has 1 unspecified atom stereocenters. The zero-order valence-corrected chi connectivity index (χ0v) is 12.6. The van der Waals surface area contributed by atoms with E-state index in [0.29, 0.717) is 18.8 Å². The molecule has 0 saturated heterocycles. The van der Waals surface area contributed by atoms with Crippen molar-refractivity contribution in [3.05, 3.63) is 28.0 Å². The minimum Gasteiger partial charge on any atom is -0.485 e. The van der Waals surface area contributed by atoms with Crippen molar-refractivity contribution in [2.45, 2.75) is 20.0 Å². The lowest BCUT2D eigenvalue weighted by Gasteiger charge is -2.16. The highest BCUT2D eigenvalue weighted by Crippen LogP contribution is 2.29. The van der Waals surface area contributed by atoms with Crippen LogP contribution >= 0.6 is 28.1 Å². The summed E-state index contributed by atoms with van der Waals surface area (Å²) in [6, 6.07) is 3.13. The van der Waals surface area contributed by atoms with Crippen LogP contribution in [0.25, 0.3) is 0 Å². The highest BCUT2D eigenvalue weighted by molar-refractivity contribution is 9.10. The Morgan fingerprint density at radius 2 is 2.22 bits per heavy atom. The number of rotatable bonds is 6. The predicted octanol–water partition coefficient (Wildman–Crippen LogP) is 3.03. The summed E-state index contributed by atoms with van der Waals surface area (Å²) in [6.45, 7) is 4.70. The standard InChI is InChI=1S/C12H15BrFNO2S/c1-3-16-6-7(2)17-9-5-4-8(12(15)18)10(13)11(9)14/h4-5,7H,3,6H2,1-2H3,(H2,15,18). The molecule has 3 nitrogen and oxygen atoms in total. The number of hydrogen-bond donors (Lipinski definition) is 1. The van der Waals surface area contributed by atoms with E-state index in [-0.39, 0.29) is 21.3 Å². The molecule has 0 saturated carbocycles. The number of benzene rings is 1. The van der Waals surface area contributed by atoms with Crippen molar-refractivity contribution in [3.8, 4) is 5.75 Å². The van der Waals surface area contributed by atoms with Gasteiger partial charge in [0.2, 0.25) is 0 Å². The van der Waals surface area contributed by atoms with Crippen LogP contribution in [0.1, 0.15) is 19.4 Å². The van der Waals surface area contributed by atoms with Gasteiger partial charge in [-0.3, -0.25) is 0 Å². The molecule has 1 aromatic rings. The third kappa shape index (κ3) is 3.90. The Hall–Kier alpha value is -0.720. The molecule has 0 aliphatic rings. The van der Waals surface area contributed by atoms with Gasteiger partial charge in [-0.2, -0.15) is 0 Å². The van der Waals surface area contributed by atoms with Crippen LogP contribution in [-0.2, 0) is 4.74 Å². The van der Waals surface area contributed by atoms with Gasteiger partial charge in [0.15, 0.2) is 11.6 Å². The highest BCUT2D eigenvalue weighted by Gasteiger charge is 2.15. The first-order valence-electron chi connectivity index (χ1n) is 5.49. The monoisotopic (exact) mass is 335 g/mol. The first kappa shape index (κ1) is 15.3. The third-order valence-corrected chi connectivity index (χ3v) is 3.19. The summed E-state index contributed by atoms with van der Waals surface area (Å²) in [7, 11) is 0. The Morgan fingerprint density at radius 1 is 1.56 bits per heavy atom. The van der Waals surface area contributed by atoms with E-state index < -0.39 is 5.82 Å². The van der Waals surface area contributed by atoms with Crippen molar-refractivity contribution in [1.29, 1.82) is 0 Å². The fraction of sp³-hybridized carbons (Fsp3) is 0.417. The van der Waals surface area contributed by atoms with Gasteiger partial charge in [-0.1, -0.05) is 12.2 Å². The van der Waals surface area contributed by atoms with Crippen LogP contribution in [0.4, 0.5) is 4.39 Å². The summed E-state index contributed by atoms with van der Waals surface area (Å²) < 4.78 is 24.8. The molecule has 0 radical (unpaired) electrons. The van der Waals surface area contributed by atoms with Crippen LogP contribution in [-0.4, -0.2) is 24.3 Å². The summed E-state index contributed by atoms with van der Waals surface area (Å²) >= 11 is 7.94. The van der Waals surface area contributed by atoms with Gasteiger partial charge < -0.3 is 15.2 Å². The molecule has 18 heavy (non-hydrogen) atoms. The Morgan fingerprint density at radius 3 is 2.78 bits per heavy atom. The van der Waals surface area contributed by atoms with Gasteiger partial charge >= 0.3 is 0 Å². The second-order valence-electron chi connectivity index (χ2n) is 3.69. The van der Waals surface area contributed by atoms with Crippen molar-refractivity contribution < 1.29 is 13.9 Å². The lowest BCUT2D eigenvalue weighted by atomic mass is 10.2. The predicted molar refractivity (Wildman–Crippen MR) is 76.6 cm³/mol. The summed E-state index contributed by atoms with van der Waals surface area (Å²) in [5.74, 6) is -0.363. The van der Waals surface area contributed by atoms with E-state index in [1.54, 1.807) is 6.07 Å². The third-order valence-electron chi connectivity index (χ3n) is 2.20. The SMILES string of the molecule is CCOCC(C)Oc1ccc(C(N)=S)c(Br)c1F. The lowest BCUT2D eigenvalue weighted by molar-refractivity contribution is 0.0636. The average Bonchev–Trinajstić information content (AvgIpc) is 2.32. The van der Waals surface area contributed by atoms with Crippen LogP contribution in [0, 0.1) is 5.82 Å². The average molecular weight is 336 g/mol. The number of hydrogen-bond acceptors (Lipinski definition) is 3. The largest absolute Gasteiger partial charge is 0.485 e. The molecule has 0 fully saturated rings. The molecule has 0 bridgehead atoms. The molecule has 0 aliphatic carbocycles. The van der Waals surface area contributed by atoms with Gasteiger partial charge in [-0.15, -0.1) is 0 Å². The highest BCUT2D eigenvalue weighted by atomic mass is 79.9. The summed E-state index contributed by atoms with van der Waals surface area (Å²) in [5, 5.41) is 0. The Labute approximate surface area is 120 Å². The molecule has 0 heterocycles. The second kappa shape index (κ2) is 7.01. The first-order chi connectivity index (χ1) is 8.47. The van der Waals surface area contributed by atoms with Gasteiger partial charge in [0.25, 0.3) is 0 Å². The topological polar surface area (TPSA) is 44.5 Å². The Balaban J connectivity index is 2.85. The molecule has 0 aliphatic heterocycles. The number of halogens is 2. The van der Waals surface area contributed by atoms with Crippen LogP contribution < -0.4 is 10.5 Å². The molecule has 6 heteroatoms. The van der Waals surface area contributed by atoms with E-state index >= 15 is 0 Å². The first-order valence-corrected chi connectivity index (χ1v) is 6.69. The maximum Gasteiger partial charge on any atom is 0.179 e. The molecule has 1 rings (SSSR count). The molecule has 0 aromatic heterocycles. The van der Waals surface area contributed by atoms with Crippen molar-refractivity contribution in [2.75, 3.05) is 13.2 Å². The smallest absolute Gasteiger partial charge is 0.179 e. The van der Waals surface area contributed by atoms with E-state index in [1.165, 1.54) is 6.07 Å². The Bertz CT molecular complexity index is 442. The van der Waals surface area contributed by atoms with Crippen LogP contribution in [0.3, 0.4) is 0 Å². The normalized spacial score (nSPS) is 12.2. The fourth-order valence-electron chi connectivity index (χ4n) is 1.35. The van der Waals surface area contributed by atoms with Crippen LogP contribution in [0.5, 0.6) is 5.75 Å². The molecular weight excluding hydrogens is 321 g/mol. The van der Waals surface area contributed by atoms with Crippen molar-refractivity contribution in [3.63, 3.8) is 0 Å². The van der Waals surface area contributed by atoms with Crippen molar-refractivity contribution >= 4 is 33.1 Å². The molecule has 1 aromatic carbocycles. The van der Waals surface area contributed by atoms with E-state index in [0.717, 1.165) is 0 Å². The molecule has 100 valence electrons. The van der Waals surface area contributed by atoms with Crippen molar-refractivity contribution in [2.24, 2.45) is 5.73 Å². The maximum atomic E-state index is 14.0. The molecule has 2 N–H and O–H groups in total. The van der Waals surface area contributed by atoms with Crippen molar-refractivity contribution in [1.82, 2.24) is 0 Å². The van der Waals surface area contributed by atoms with E-state index in [9.17, 15) is 4.39 Å². The van der Waals surface area contributed by atoms with Crippen LogP contribution in [0.15, 0.2) is 16.6 Å². The fourth-order valence-corrected chi connectivity index (χ4v) is 2.19. The van der Waals surface area contributed by atoms with Crippen LogP contribution in [0.2, 0.25) is 0 Å².